The van der Waals surface area contributed by atoms with Crippen LogP contribution in [-0.2, 0) is 0 Å². The van der Waals surface area contributed by atoms with Crippen molar-refractivity contribution in [2.24, 2.45) is 0 Å². The number of amides is 2. The highest BCUT2D eigenvalue weighted by Gasteiger charge is 2.12. The molecule has 0 unspecified atom stereocenters. The molecule has 7 heteroatoms. The van der Waals surface area contributed by atoms with Crippen molar-refractivity contribution in [3.63, 3.8) is 0 Å². The number of ether oxygens (including phenoxy) is 1. The van der Waals surface area contributed by atoms with Gasteiger partial charge in [0.15, 0.2) is 11.6 Å². The molecule has 0 aliphatic rings. The quantitative estimate of drug-likeness (QED) is 0.684. The molecule has 0 aliphatic carbocycles. The van der Waals surface area contributed by atoms with Crippen molar-refractivity contribution in [3.8, 4) is 5.75 Å². The first-order valence-electron chi connectivity index (χ1n) is 8.28. The number of methoxy groups -OCH3 is 1. The number of anilines is 2. The SMILES string of the molecule is COc1ccc(NC(=O)c2cccc(C(=O)Nc3ccc(F)c(F)c3)c2)cc1. The maximum Gasteiger partial charge on any atom is 0.255 e. The zero-order chi connectivity index (χ0) is 20.1. The highest BCUT2D eigenvalue weighted by molar-refractivity contribution is 6.08. The molecule has 0 spiro atoms. The summed E-state index contributed by atoms with van der Waals surface area (Å²) in [5.41, 5.74) is 1.15. The predicted octanol–water partition coefficient (Wildman–Crippen LogP) is 4.48. The lowest BCUT2D eigenvalue weighted by Crippen LogP contribution is -2.15. The number of carbonyl (C=O) groups excluding carboxylic acids is 2. The summed E-state index contributed by atoms with van der Waals surface area (Å²) in [6.07, 6.45) is 0. The summed E-state index contributed by atoms with van der Waals surface area (Å²) >= 11 is 0. The third-order valence-electron chi connectivity index (χ3n) is 3.91. The molecular formula is C21H16F2N2O3. The number of nitrogens with one attached hydrogen (secondary N) is 2. The van der Waals surface area contributed by atoms with Gasteiger partial charge in [-0.2, -0.15) is 0 Å². The lowest BCUT2D eigenvalue weighted by molar-refractivity contribution is 0.102. The van der Waals surface area contributed by atoms with Gasteiger partial charge in [-0.3, -0.25) is 9.59 Å². The van der Waals surface area contributed by atoms with E-state index in [1.807, 2.05) is 0 Å². The minimum Gasteiger partial charge on any atom is -0.497 e. The average Bonchev–Trinajstić information content (AvgIpc) is 2.71. The monoisotopic (exact) mass is 382 g/mol. The van der Waals surface area contributed by atoms with Gasteiger partial charge >= 0.3 is 0 Å². The van der Waals surface area contributed by atoms with Gasteiger partial charge in [0, 0.05) is 28.6 Å². The summed E-state index contributed by atoms with van der Waals surface area (Å²) in [5, 5.41) is 5.19. The van der Waals surface area contributed by atoms with Gasteiger partial charge in [0.1, 0.15) is 5.75 Å². The number of rotatable bonds is 5. The molecule has 0 radical (unpaired) electrons. The van der Waals surface area contributed by atoms with E-state index >= 15 is 0 Å². The fraction of sp³-hybridized carbons (Fsp3) is 0.0476. The Hall–Kier alpha value is -3.74. The summed E-state index contributed by atoms with van der Waals surface area (Å²) in [4.78, 5) is 24.8. The summed E-state index contributed by atoms with van der Waals surface area (Å²) in [6, 6.07) is 15.9. The van der Waals surface area contributed by atoms with Crippen LogP contribution in [0.5, 0.6) is 5.75 Å². The topological polar surface area (TPSA) is 67.4 Å². The molecule has 0 saturated carbocycles. The molecular weight excluding hydrogens is 366 g/mol. The number of halogens is 2. The van der Waals surface area contributed by atoms with Crippen molar-refractivity contribution in [2.75, 3.05) is 17.7 Å². The Balaban J connectivity index is 1.72. The molecule has 0 bridgehead atoms. The molecule has 0 aromatic heterocycles. The van der Waals surface area contributed by atoms with Crippen LogP contribution >= 0.6 is 0 Å². The lowest BCUT2D eigenvalue weighted by atomic mass is 10.1. The Morgan fingerprint density at radius 1 is 0.750 bits per heavy atom. The van der Waals surface area contributed by atoms with E-state index in [1.165, 1.54) is 18.2 Å². The largest absolute Gasteiger partial charge is 0.497 e. The number of carbonyl (C=O) groups is 2. The second-order valence-electron chi connectivity index (χ2n) is 5.85. The molecule has 2 N–H and O–H groups in total. The summed E-state index contributed by atoms with van der Waals surface area (Å²) < 4.78 is 31.3. The van der Waals surface area contributed by atoms with Crippen LogP contribution in [0.2, 0.25) is 0 Å². The molecule has 0 saturated heterocycles. The molecule has 142 valence electrons. The third-order valence-corrected chi connectivity index (χ3v) is 3.91. The van der Waals surface area contributed by atoms with Gasteiger partial charge in [-0.15, -0.1) is 0 Å². The fourth-order valence-electron chi connectivity index (χ4n) is 2.46. The first kappa shape index (κ1) is 19.0. The van der Waals surface area contributed by atoms with Crippen molar-refractivity contribution in [3.05, 3.63) is 89.5 Å². The fourth-order valence-corrected chi connectivity index (χ4v) is 2.46. The second-order valence-corrected chi connectivity index (χ2v) is 5.85. The molecule has 3 rings (SSSR count). The van der Waals surface area contributed by atoms with Crippen LogP contribution in [0.1, 0.15) is 20.7 Å². The maximum atomic E-state index is 13.3. The highest BCUT2D eigenvalue weighted by Crippen LogP contribution is 2.17. The van der Waals surface area contributed by atoms with Crippen LogP contribution in [0.3, 0.4) is 0 Å². The number of hydrogen-bond acceptors (Lipinski definition) is 3. The first-order chi connectivity index (χ1) is 13.5. The standard InChI is InChI=1S/C21H16F2N2O3/c1-28-17-8-5-15(6-9-17)24-20(26)13-3-2-4-14(11-13)21(27)25-16-7-10-18(22)19(23)12-16/h2-12H,1H3,(H,24,26)(H,25,27). The summed E-state index contributed by atoms with van der Waals surface area (Å²) in [5.74, 6) is -2.35. The zero-order valence-corrected chi connectivity index (χ0v) is 14.8. The average molecular weight is 382 g/mol. The Morgan fingerprint density at radius 3 is 1.89 bits per heavy atom. The van der Waals surface area contributed by atoms with Gasteiger partial charge in [-0.25, -0.2) is 8.78 Å². The second kappa shape index (κ2) is 8.30. The molecule has 5 nitrogen and oxygen atoms in total. The van der Waals surface area contributed by atoms with Gasteiger partial charge in [-0.1, -0.05) is 6.07 Å². The predicted molar refractivity (Wildman–Crippen MR) is 102 cm³/mol. The highest BCUT2D eigenvalue weighted by atomic mass is 19.2. The van der Waals surface area contributed by atoms with Crippen LogP contribution in [0.15, 0.2) is 66.7 Å². The van der Waals surface area contributed by atoms with E-state index in [4.69, 9.17) is 4.74 Å². The molecule has 3 aromatic rings. The molecule has 3 aromatic carbocycles. The van der Waals surface area contributed by atoms with Crippen LogP contribution < -0.4 is 15.4 Å². The third kappa shape index (κ3) is 4.50. The van der Waals surface area contributed by atoms with Gasteiger partial charge in [0.2, 0.25) is 0 Å². The Morgan fingerprint density at radius 2 is 1.32 bits per heavy atom. The van der Waals surface area contributed by atoms with Crippen LogP contribution in [0.4, 0.5) is 20.2 Å². The summed E-state index contributed by atoms with van der Waals surface area (Å²) in [6.45, 7) is 0. The normalized spacial score (nSPS) is 10.2. The number of hydrogen-bond donors (Lipinski definition) is 2. The van der Waals surface area contributed by atoms with E-state index in [0.717, 1.165) is 12.1 Å². The summed E-state index contributed by atoms with van der Waals surface area (Å²) in [7, 11) is 1.55. The van der Waals surface area contributed by atoms with E-state index in [9.17, 15) is 18.4 Å². The van der Waals surface area contributed by atoms with Gasteiger partial charge < -0.3 is 15.4 Å². The van der Waals surface area contributed by atoms with Gasteiger partial charge in [-0.05, 0) is 54.6 Å². The van der Waals surface area contributed by atoms with Crippen molar-refractivity contribution in [1.82, 2.24) is 0 Å². The Kier molecular flexibility index (Phi) is 5.64. The van der Waals surface area contributed by atoms with E-state index in [2.05, 4.69) is 10.6 Å². The first-order valence-corrected chi connectivity index (χ1v) is 8.28. The molecule has 0 aliphatic heterocycles. The van der Waals surface area contributed by atoms with Crippen molar-refractivity contribution in [2.45, 2.75) is 0 Å². The molecule has 0 atom stereocenters. The van der Waals surface area contributed by atoms with Crippen LogP contribution in [-0.4, -0.2) is 18.9 Å². The van der Waals surface area contributed by atoms with Gasteiger partial charge in [0.25, 0.3) is 11.8 Å². The van der Waals surface area contributed by atoms with Crippen LogP contribution in [0.25, 0.3) is 0 Å². The van der Waals surface area contributed by atoms with E-state index < -0.39 is 23.4 Å². The smallest absolute Gasteiger partial charge is 0.255 e. The maximum absolute atomic E-state index is 13.3. The lowest BCUT2D eigenvalue weighted by Gasteiger charge is -2.09. The molecule has 28 heavy (non-hydrogen) atoms. The van der Waals surface area contributed by atoms with Crippen molar-refractivity contribution < 1.29 is 23.1 Å². The zero-order valence-electron chi connectivity index (χ0n) is 14.8. The van der Waals surface area contributed by atoms with Gasteiger partial charge in [0.05, 0.1) is 7.11 Å². The minimum atomic E-state index is -1.06. The van der Waals surface area contributed by atoms with E-state index in [-0.39, 0.29) is 16.8 Å². The van der Waals surface area contributed by atoms with E-state index in [1.54, 1.807) is 43.5 Å². The Labute approximate surface area is 160 Å². The van der Waals surface area contributed by atoms with Crippen molar-refractivity contribution in [1.29, 1.82) is 0 Å². The van der Waals surface area contributed by atoms with Crippen molar-refractivity contribution >= 4 is 23.2 Å². The molecule has 0 fully saturated rings. The molecule has 0 heterocycles. The van der Waals surface area contributed by atoms with E-state index in [0.29, 0.717) is 11.4 Å². The van der Waals surface area contributed by atoms with Crippen LogP contribution in [0, 0.1) is 11.6 Å². The Bertz CT molecular complexity index is 1020. The molecule has 2 amide bonds. The number of benzene rings is 3. The minimum absolute atomic E-state index is 0.108.